The lowest BCUT2D eigenvalue weighted by Crippen LogP contribution is -2.16. The first-order valence-electron chi connectivity index (χ1n) is 8.40. The molecule has 2 aromatic carbocycles. The normalized spacial score (nSPS) is 10.5. The van der Waals surface area contributed by atoms with Gasteiger partial charge in [0.05, 0.1) is 18.7 Å². The van der Waals surface area contributed by atoms with Crippen LogP contribution in [-0.4, -0.2) is 27.7 Å². The first kappa shape index (κ1) is 17.5. The van der Waals surface area contributed by atoms with E-state index in [1.807, 2.05) is 36.4 Å². The zero-order chi connectivity index (χ0) is 18.2. The Morgan fingerprint density at radius 2 is 1.85 bits per heavy atom. The molecule has 0 radical (unpaired) electrons. The van der Waals surface area contributed by atoms with Gasteiger partial charge >= 0.3 is 5.69 Å². The van der Waals surface area contributed by atoms with Crippen LogP contribution < -0.4 is 15.7 Å². The number of aryl methyl sites for hydroxylation is 1. The van der Waals surface area contributed by atoms with Gasteiger partial charge in [-0.1, -0.05) is 42.5 Å². The second-order valence-electron chi connectivity index (χ2n) is 5.78. The molecule has 0 spiro atoms. The van der Waals surface area contributed by atoms with Crippen LogP contribution in [0.4, 0.5) is 5.69 Å². The number of carbonyl (C=O) groups is 1. The molecule has 1 aromatic heterocycles. The predicted molar refractivity (Wildman–Crippen MR) is 98.2 cm³/mol. The number of carbonyl (C=O) groups excluding carboxylic acids is 1. The minimum absolute atomic E-state index is 0.0267. The van der Waals surface area contributed by atoms with Crippen molar-refractivity contribution in [3.8, 4) is 5.75 Å². The van der Waals surface area contributed by atoms with E-state index in [-0.39, 0.29) is 18.2 Å². The van der Waals surface area contributed by atoms with Crippen LogP contribution in [0.2, 0.25) is 0 Å². The molecule has 1 heterocycles. The molecule has 3 rings (SSSR count). The van der Waals surface area contributed by atoms with E-state index in [1.54, 1.807) is 6.07 Å². The summed E-state index contributed by atoms with van der Waals surface area (Å²) in [5, 5.41) is 8.74. The van der Waals surface area contributed by atoms with Gasteiger partial charge in [-0.2, -0.15) is 5.10 Å². The van der Waals surface area contributed by atoms with E-state index in [9.17, 15) is 9.59 Å². The number of para-hydroxylation sites is 2. The molecule has 0 unspecified atom stereocenters. The van der Waals surface area contributed by atoms with Crippen LogP contribution in [0.5, 0.6) is 5.75 Å². The first-order chi connectivity index (χ1) is 12.7. The monoisotopic (exact) mass is 352 g/mol. The summed E-state index contributed by atoms with van der Waals surface area (Å²) in [5.74, 6) is 0.617. The Labute approximate surface area is 150 Å². The molecule has 0 aliphatic heterocycles. The number of benzene rings is 2. The molecular formula is C19H20N4O3. The average molecular weight is 352 g/mol. The fourth-order valence-corrected chi connectivity index (χ4v) is 2.53. The van der Waals surface area contributed by atoms with Crippen molar-refractivity contribution in [2.24, 2.45) is 0 Å². The summed E-state index contributed by atoms with van der Waals surface area (Å²) in [6.45, 7) is 0.550. The van der Waals surface area contributed by atoms with Crippen LogP contribution >= 0.6 is 0 Å². The van der Waals surface area contributed by atoms with Crippen molar-refractivity contribution < 1.29 is 9.53 Å². The van der Waals surface area contributed by atoms with E-state index in [1.165, 1.54) is 5.56 Å². The highest BCUT2D eigenvalue weighted by atomic mass is 16.5. The van der Waals surface area contributed by atoms with Crippen LogP contribution in [0, 0.1) is 0 Å². The average Bonchev–Trinajstić information content (AvgIpc) is 3.05. The molecule has 0 atom stereocenters. The van der Waals surface area contributed by atoms with E-state index in [4.69, 9.17) is 4.74 Å². The van der Waals surface area contributed by atoms with Crippen LogP contribution in [0.3, 0.4) is 0 Å². The predicted octanol–water partition coefficient (Wildman–Crippen LogP) is 2.29. The Balaban J connectivity index is 1.52. The second-order valence-corrected chi connectivity index (χ2v) is 5.78. The number of H-pyrrole nitrogens is 2. The van der Waals surface area contributed by atoms with Gasteiger partial charge in [0.15, 0.2) is 0 Å². The topological polar surface area (TPSA) is 99.9 Å². The third kappa shape index (κ3) is 5.07. The van der Waals surface area contributed by atoms with Crippen LogP contribution in [-0.2, 0) is 17.6 Å². The smallest absolute Gasteiger partial charge is 0.340 e. The SMILES string of the molecule is O=C(Cc1n[nH]c(=O)[nH]1)Nc1ccccc1OCCCc1ccccc1. The maximum absolute atomic E-state index is 12.1. The third-order valence-corrected chi connectivity index (χ3v) is 3.75. The number of ether oxygens (including phenoxy) is 1. The number of amides is 1. The number of hydrogen-bond acceptors (Lipinski definition) is 4. The lowest BCUT2D eigenvalue weighted by Gasteiger charge is -2.12. The molecule has 1 amide bonds. The van der Waals surface area contributed by atoms with Gasteiger partial charge in [-0.05, 0) is 30.5 Å². The van der Waals surface area contributed by atoms with Crippen LogP contribution in [0.25, 0.3) is 0 Å². The second kappa shape index (κ2) is 8.66. The third-order valence-electron chi connectivity index (χ3n) is 3.75. The first-order valence-corrected chi connectivity index (χ1v) is 8.40. The molecule has 3 N–H and O–H groups in total. The lowest BCUT2D eigenvalue weighted by atomic mass is 10.1. The number of rotatable bonds is 8. The highest BCUT2D eigenvalue weighted by molar-refractivity contribution is 5.93. The van der Waals surface area contributed by atoms with Crippen molar-refractivity contribution in [1.29, 1.82) is 0 Å². The molecule has 26 heavy (non-hydrogen) atoms. The minimum Gasteiger partial charge on any atom is -0.491 e. The van der Waals surface area contributed by atoms with Crippen LogP contribution in [0.15, 0.2) is 59.4 Å². The van der Waals surface area contributed by atoms with E-state index in [0.717, 1.165) is 12.8 Å². The molecule has 0 fully saturated rings. The van der Waals surface area contributed by atoms with Crippen molar-refractivity contribution in [2.45, 2.75) is 19.3 Å². The lowest BCUT2D eigenvalue weighted by molar-refractivity contribution is -0.115. The number of anilines is 1. The summed E-state index contributed by atoms with van der Waals surface area (Å²) in [5.41, 5.74) is 1.43. The number of nitrogens with zero attached hydrogens (tertiary/aromatic N) is 1. The number of nitrogens with one attached hydrogen (secondary N) is 3. The number of hydrogen-bond donors (Lipinski definition) is 3. The van der Waals surface area contributed by atoms with Gasteiger partial charge in [0.1, 0.15) is 11.6 Å². The summed E-state index contributed by atoms with van der Waals surface area (Å²) in [6.07, 6.45) is 1.78. The van der Waals surface area contributed by atoms with E-state index in [2.05, 4.69) is 32.6 Å². The quantitative estimate of drug-likeness (QED) is 0.542. The summed E-state index contributed by atoms with van der Waals surface area (Å²) in [7, 11) is 0. The zero-order valence-corrected chi connectivity index (χ0v) is 14.2. The van der Waals surface area contributed by atoms with Gasteiger partial charge in [-0.3, -0.25) is 9.78 Å². The molecule has 134 valence electrons. The number of aromatic amines is 2. The molecule has 0 bridgehead atoms. The van der Waals surface area contributed by atoms with Crippen molar-refractivity contribution in [1.82, 2.24) is 15.2 Å². The molecular weight excluding hydrogens is 332 g/mol. The Bertz CT molecular complexity index is 902. The van der Waals surface area contributed by atoms with Crippen molar-refractivity contribution >= 4 is 11.6 Å². The molecule has 3 aromatic rings. The van der Waals surface area contributed by atoms with Crippen molar-refractivity contribution in [3.63, 3.8) is 0 Å². The van der Waals surface area contributed by atoms with Crippen molar-refractivity contribution in [2.75, 3.05) is 11.9 Å². The molecule has 0 saturated heterocycles. The van der Waals surface area contributed by atoms with Gasteiger partial charge in [0.25, 0.3) is 0 Å². The van der Waals surface area contributed by atoms with Crippen molar-refractivity contribution in [3.05, 3.63) is 76.5 Å². The highest BCUT2D eigenvalue weighted by Gasteiger charge is 2.10. The molecule has 7 heteroatoms. The fourth-order valence-electron chi connectivity index (χ4n) is 2.53. The Kier molecular flexibility index (Phi) is 5.82. The van der Waals surface area contributed by atoms with Gasteiger partial charge < -0.3 is 10.1 Å². The Hall–Kier alpha value is -3.35. The Morgan fingerprint density at radius 3 is 2.62 bits per heavy atom. The highest BCUT2D eigenvalue weighted by Crippen LogP contribution is 2.24. The molecule has 0 aliphatic carbocycles. The fraction of sp³-hybridized carbons (Fsp3) is 0.211. The van der Waals surface area contributed by atoms with Crippen LogP contribution in [0.1, 0.15) is 17.8 Å². The standard InChI is InChI=1S/C19H20N4O3/c24-18(13-17-21-19(25)23-22-17)20-15-10-4-5-11-16(15)26-12-6-9-14-7-2-1-3-8-14/h1-5,7-8,10-11H,6,9,12-13H2,(H,20,24)(H2,21,22,23,25). The molecule has 7 nitrogen and oxygen atoms in total. The largest absolute Gasteiger partial charge is 0.491 e. The maximum atomic E-state index is 12.1. The van der Waals surface area contributed by atoms with E-state index < -0.39 is 5.69 Å². The maximum Gasteiger partial charge on any atom is 0.340 e. The molecule has 0 saturated carbocycles. The Morgan fingerprint density at radius 1 is 1.08 bits per heavy atom. The van der Waals surface area contributed by atoms with Gasteiger partial charge in [-0.15, -0.1) is 0 Å². The van der Waals surface area contributed by atoms with E-state index in [0.29, 0.717) is 18.0 Å². The number of aromatic nitrogens is 3. The summed E-state index contributed by atoms with van der Waals surface area (Å²) >= 11 is 0. The van der Waals surface area contributed by atoms with Gasteiger partial charge in [0, 0.05) is 0 Å². The summed E-state index contributed by atoms with van der Waals surface area (Å²) < 4.78 is 5.82. The van der Waals surface area contributed by atoms with Gasteiger partial charge in [0.2, 0.25) is 5.91 Å². The van der Waals surface area contributed by atoms with Gasteiger partial charge in [-0.25, -0.2) is 9.89 Å². The zero-order valence-electron chi connectivity index (χ0n) is 14.2. The minimum atomic E-state index is -0.435. The summed E-state index contributed by atoms with van der Waals surface area (Å²) in [4.78, 5) is 25.6. The van der Waals surface area contributed by atoms with E-state index >= 15 is 0 Å². The summed E-state index contributed by atoms with van der Waals surface area (Å²) in [6, 6.07) is 17.5. The molecule has 0 aliphatic rings.